The molecular weight excluding hydrogens is 249 g/mol. The van der Waals surface area contributed by atoms with E-state index >= 15 is 0 Å². The van der Waals surface area contributed by atoms with Crippen molar-refractivity contribution < 1.29 is 9.18 Å². The molecular formula is C12H14FN5O. The lowest BCUT2D eigenvalue weighted by atomic mass is 10.1. The molecule has 0 saturated heterocycles. The fraction of sp³-hybridized carbons (Fsp3) is 0.250. The first-order chi connectivity index (χ1) is 8.97. The van der Waals surface area contributed by atoms with E-state index in [0.717, 1.165) is 0 Å². The van der Waals surface area contributed by atoms with E-state index in [1.807, 2.05) is 0 Å². The molecule has 0 aliphatic heterocycles. The molecule has 0 radical (unpaired) electrons. The number of nitrogens with one attached hydrogen (secondary N) is 1. The third-order valence-corrected chi connectivity index (χ3v) is 2.61. The van der Waals surface area contributed by atoms with Crippen molar-refractivity contribution in [3.05, 3.63) is 41.2 Å². The lowest BCUT2D eigenvalue weighted by Gasteiger charge is -2.15. The summed E-state index contributed by atoms with van der Waals surface area (Å²) < 4.78 is 13.0. The number of amides is 1. The number of hydrogen-bond donors (Lipinski definition) is 2. The number of aromatic amines is 1. The average molecular weight is 263 g/mol. The van der Waals surface area contributed by atoms with Crippen molar-refractivity contribution >= 4 is 11.6 Å². The molecule has 0 atom stereocenters. The number of carbonyl (C=O) groups is 1. The quantitative estimate of drug-likeness (QED) is 0.812. The van der Waals surface area contributed by atoms with Crippen molar-refractivity contribution in [2.45, 2.75) is 13.5 Å². The van der Waals surface area contributed by atoms with Gasteiger partial charge >= 0.3 is 0 Å². The zero-order valence-corrected chi connectivity index (χ0v) is 10.6. The molecule has 1 aromatic carbocycles. The number of aryl methyl sites for hydroxylation is 1. The number of H-pyrrole nitrogens is 1. The SMILES string of the molecule is Cc1nc(CN(C)C(=O)c2ccc(F)c(N)c2)n[nH]1. The van der Waals surface area contributed by atoms with E-state index in [-0.39, 0.29) is 18.1 Å². The summed E-state index contributed by atoms with van der Waals surface area (Å²) >= 11 is 0. The molecule has 19 heavy (non-hydrogen) atoms. The van der Waals surface area contributed by atoms with E-state index in [2.05, 4.69) is 15.2 Å². The van der Waals surface area contributed by atoms with Crippen molar-refractivity contribution in [1.82, 2.24) is 20.1 Å². The number of anilines is 1. The summed E-state index contributed by atoms with van der Waals surface area (Å²) in [4.78, 5) is 17.7. The number of nitrogens with two attached hydrogens (primary N) is 1. The second-order valence-corrected chi connectivity index (χ2v) is 4.23. The summed E-state index contributed by atoms with van der Waals surface area (Å²) in [6.07, 6.45) is 0. The fourth-order valence-corrected chi connectivity index (χ4v) is 1.64. The van der Waals surface area contributed by atoms with Crippen LogP contribution in [0, 0.1) is 12.7 Å². The minimum Gasteiger partial charge on any atom is -0.396 e. The molecule has 0 aliphatic carbocycles. The second-order valence-electron chi connectivity index (χ2n) is 4.23. The van der Waals surface area contributed by atoms with Crippen LogP contribution in [0.25, 0.3) is 0 Å². The van der Waals surface area contributed by atoms with Gasteiger partial charge in [0.2, 0.25) is 0 Å². The maximum Gasteiger partial charge on any atom is 0.254 e. The van der Waals surface area contributed by atoms with Crippen molar-refractivity contribution in [3.63, 3.8) is 0 Å². The van der Waals surface area contributed by atoms with E-state index in [1.165, 1.54) is 23.1 Å². The van der Waals surface area contributed by atoms with E-state index in [9.17, 15) is 9.18 Å². The molecule has 3 N–H and O–H groups in total. The molecule has 0 aliphatic rings. The molecule has 1 heterocycles. The molecule has 0 bridgehead atoms. The van der Waals surface area contributed by atoms with Gasteiger partial charge in [0.1, 0.15) is 11.6 Å². The maximum atomic E-state index is 13.0. The summed E-state index contributed by atoms with van der Waals surface area (Å²) in [6.45, 7) is 2.04. The molecule has 1 amide bonds. The van der Waals surface area contributed by atoms with Crippen LogP contribution >= 0.6 is 0 Å². The van der Waals surface area contributed by atoms with Gasteiger partial charge in [0, 0.05) is 12.6 Å². The monoisotopic (exact) mass is 263 g/mol. The Balaban J connectivity index is 2.12. The predicted molar refractivity (Wildman–Crippen MR) is 67.7 cm³/mol. The third kappa shape index (κ3) is 2.87. The summed E-state index contributed by atoms with van der Waals surface area (Å²) in [7, 11) is 1.62. The molecule has 7 heteroatoms. The molecule has 2 rings (SSSR count). The molecule has 0 spiro atoms. The molecule has 100 valence electrons. The molecule has 0 saturated carbocycles. The Morgan fingerprint density at radius 3 is 2.84 bits per heavy atom. The van der Waals surface area contributed by atoms with Crippen molar-refractivity contribution in [2.75, 3.05) is 12.8 Å². The summed E-state index contributed by atoms with van der Waals surface area (Å²) in [5, 5.41) is 6.65. The van der Waals surface area contributed by atoms with Crippen molar-refractivity contribution in [1.29, 1.82) is 0 Å². The standard InChI is InChI=1S/C12H14FN5O/c1-7-15-11(17-16-7)6-18(2)12(19)8-3-4-9(13)10(14)5-8/h3-5H,6,14H2,1-2H3,(H,15,16,17). The van der Waals surface area contributed by atoms with E-state index in [0.29, 0.717) is 17.2 Å². The fourth-order valence-electron chi connectivity index (χ4n) is 1.64. The number of nitrogens with zero attached hydrogens (tertiary/aromatic N) is 3. The van der Waals surface area contributed by atoms with Gasteiger partial charge in [-0.1, -0.05) is 0 Å². The van der Waals surface area contributed by atoms with E-state index in [1.54, 1.807) is 14.0 Å². The zero-order valence-electron chi connectivity index (χ0n) is 10.6. The van der Waals surface area contributed by atoms with Crippen LogP contribution < -0.4 is 5.73 Å². The highest BCUT2D eigenvalue weighted by molar-refractivity contribution is 5.94. The summed E-state index contributed by atoms with van der Waals surface area (Å²) in [5.74, 6) is 0.392. The topological polar surface area (TPSA) is 87.9 Å². The highest BCUT2D eigenvalue weighted by atomic mass is 19.1. The first-order valence-corrected chi connectivity index (χ1v) is 5.65. The van der Waals surface area contributed by atoms with Gasteiger partial charge in [0.05, 0.1) is 12.2 Å². The van der Waals surface area contributed by atoms with E-state index < -0.39 is 5.82 Å². The Kier molecular flexibility index (Phi) is 3.46. The Bertz CT molecular complexity index is 610. The van der Waals surface area contributed by atoms with Gasteiger partial charge < -0.3 is 10.6 Å². The van der Waals surface area contributed by atoms with Gasteiger partial charge in [-0.2, -0.15) is 5.10 Å². The molecule has 2 aromatic rings. The first kappa shape index (κ1) is 13.0. The minimum atomic E-state index is -0.538. The lowest BCUT2D eigenvalue weighted by Crippen LogP contribution is -2.26. The van der Waals surface area contributed by atoms with Crippen LogP contribution in [0.3, 0.4) is 0 Å². The second kappa shape index (κ2) is 5.05. The molecule has 0 unspecified atom stereocenters. The van der Waals surface area contributed by atoms with Gasteiger partial charge in [0.25, 0.3) is 5.91 Å². The Morgan fingerprint density at radius 1 is 1.53 bits per heavy atom. The van der Waals surface area contributed by atoms with Gasteiger partial charge in [0.15, 0.2) is 5.82 Å². The normalized spacial score (nSPS) is 10.5. The molecule has 0 fully saturated rings. The van der Waals surface area contributed by atoms with E-state index in [4.69, 9.17) is 5.73 Å². The Hall–Kier alpha value is -2.44. The van der Waals surface area contributed by atoms with Crippen LogP contribution in [-0.2, 0) is 6.54 Å². The van der Waals surface area contributed by atoms with Crippen molar-refractivity contribution in [3.8, 4) is 0 Å². The van der Waals surface area contributed by atoms with Crippen LogP contribution in [0.2, 0.25) is 0 Å². The van der Waals surface area contributed by atoms with Gasteiger partial charge in [-0.05, 0) is 25.1 Å². The number of rotatable bonds is 3. The average Bonchev–Trinajstić information content (AvgIpc) is 2.77. The number of benzene rings is 1. The smallest absolute Gasteiger partial charge is 0.254 e. The van der Waals surface area contributed by atoms with Crippen LogP contribution in [0.5, 0.6) is 0 Å². The lowest BCUT2D eigenvalue weighted by molar-refractivity contribution is 0.0781. The number of hydrogen-bond acceptors (Lipinski definition) is 4. The highest BCUT2D eigenvalue weighted by Crippen LogP contribution is 2.14. The Labute approximate surface area is 109 Å². The zero-order chi connectivity index (χ0) is 14.0. The maximum absolute atomic E-state index is 13.0. The predicted octanol–water partition coefficient (Wildman–Crippen LogP) is 1.11. The van der Waals surface area contributed by atoms with Crippen LogP contribution in [0.1, 0.15) is 22.0 Å². The largest absolute Gasteiger partial charge is 0.396 e. The number of nitrogen functional groups attached to an aromatic ring is 1. The number of aromatic nitrogens is 3. The minimum absolute atomic E-state index is 0.0482. The van der Waals surface area contributed by atoms with Gasteiger partial charge in [-0.15, -0.1) is 0 Å². The van der Waals surface area contributed by atoms with Crippen LogP contribution in [-0.4, -0.2) is 33.0 Å². The summed E-state index contributed by atoms with van der Waals surface area (Å²) in [5.41, 5.74) is 5.72. The third-order valence-electron chi connectivity index (χ3n) is 2.61. The number of carbonyl (C=O) groups excluding carboxylic acids is 1. The Morgan fingerprint density at radius 2 is 2.26 bits per heavy atom. The number of halogens is 1. The summed E-state index contributed by atoms with van der Waals surface area (Å²) in [6, 6.07) is 3.89. The first-order valence-electron chi connectivity index (χ1n) is 5.65. The van der Waals surface area contributed by atoms with Crippen LogP contribution in [0.15, 0.2) is 18.2 Å². The van der Waals surface area contributed by atoms with Crippen molar-refractivity contribution in [2.24, 2.45) is 0 Å². The molecule has 6 nitrogen and oxygen atoms in total. The highest BCUT2D eigenvalue weighted by Gasteiger charge is 2.15. The molecule has 1 aromatic heterocycles. The van der Waals surface area contributed by atoms with Gasteiger partial charge in [-0.25, -0.2) is 9.37 Å². The van der Waals surface area contributed by atoms with Gasteiger partial charge in [-0.3, -0.25) is 9.89 Å². The van der Waals surface area contributed by atoms with Crippen LogP contribution in [0.4, 0.5) is 10.1 Å².